The molecule has 2 aromatic rings. The number of hydrogen-bond acceptors (Lipinski definition) is 4. The van der Waals surface area contributed by atoms with E-state index in [2.05, 4.69) is 0 Å². The van der Waals surface area contributed by atoms with Crippen LogP contribution in [0, 0.1) is 0 Å². The van der Waals surface area contributed by atoms with Crippen LogP contribution in [0.3, 0.4) is 0 Å². The quantitative estimate of drug-likeness (QED) is 0.918. The van der Waals surface area contributed by atoms with Gasteiger partial charge in [0, 0.05) is 17.1 Å². The summed E-state index contributed by atoms with van der Waals surface area (Å²) >= 11 is 6.23. The molecular weight excluding hydrogens is 290 g/mol. The van der Waals surface area contributed by atoms with Gasteiger partial charge in [0.2, 0.25) is 5.75 Å². The van der Waals surface area contributed by atoms with E-state index in [1.807, 2.05) is 30.3 Å². The lowest BCUT2D eigenvalue weighted by Gasteiger charge is -2.16. The van der Waals surface area contributed by atoms with E-state index in [-0.39, 0.29) is 0 Å². The van der Waals surface area contributed by atoms with Crippen molar-refractivity contribution in [2.75, 3.05) is 21.3 Å². The number of methoxy groups -OCH3 is 3. The zero-order valence-corrected chi connectivity index (χ0v) is 13.0. The Labute approximate surface area is 129 Å². The van der Waals surface area contributed by atoms with Crippen molar-refractivity contribution < 1.29 is 14.2 Å². The third-order valence-electron chi connectivity index (χ3n) is 3.29. The molecule has 0 amide bonds. The maximum absolute atomic E-state index is 6.23. The molecule has 5 heteroatoms. The van der Waals surface area contributed by atoms with E-state index < -0.39 is 0 Å². The van der Waals surface area contributed by atoms with Gasteiger partial charge in [-0.05, 0) is 29.3 Å². The fraction of sp³-hybridized carbons (Fsp3) is 0.250. The zero-order chi connectivity index (χ0) is 15.4. The second kappa shape index (κ2) is 6.70. The molecule has 0 bridgehead atoms. The molecule has 0 saturated carbocycles. The van der Waals surface area contributed by atoms with Crippen LogP contribution in [0.4, 0.5) is 0 Å². The van der Waals surface area contributed by atoms with Crippen LogP contribution >= 0.6 is 11.6 Å². The summed E-state index contributed by atoms with van der Waals surface area (Å²) in [5, 5.41) is 0.631. The van der Waals surface area contributed by atoms with Crippen LogP contribution in [0.2, 0.25) is 5.02 Å². The highest BCUT2D eigenvalue weighted by Crippen LogP contribution is 2.44. The molecule has 2 N–H and O–H groups in total. The average Bonchev–Trinajstić information content (AvgIpc) is 2.52. The van der Waals surface area contributed by atoms with Crippen LogP contribution in [-0.4, -0.2) is 21.3 Å². The van der Waals surface area contributed by atoms with Crippen molar-refractivity contribution in [2.45, 2.75) is 6.54 Å². The van der Waals surface area contributed by atoms with Crippen LogP contribution in [0.15, 0.2) is 30.3 Å². The van der Waals surface area contributed by atoms with Crippen molar-refractivity contribution in [1.82, 2.24) is 0 Å². The van der Waals surface area contributed by atoms with Gasteiger partial charge in [-0.2, -0.15) is 0 Å². The van der Waals surface area contributed by atoms with E-state index in [0.29, 0.717) is 28.8 Å². The lowest BCUT2D eigenvalue weighted by Crippen LogP contribution is -1.98. The third-order valence-corrected chi connectivity index (χ3v) is 3.64. The Bertz CT molecular complexity index is 644. The molecule has 21 heavy (non-hydrogen) atoms. The first-order valence-electron chi connectivity index (χ1n) is 6.44. The lowest BCUT2D eigenvalue weighted by molar-refractivity contribution is 0.325. The van der Waals surface area contributed by atoms with Gasteiger partial charge in [-0.15, -0.1) is 0 Å². The molecule has 0 aliphatic carbocycles. The van der Waals surface area contributed by atoms with E-state index in [1.54, 1.807) is 21.3 Å². The SMILES string of the molecule is COc1ccc(-c2ccc(CN)c(Cl)c2)c(OC)c1OC. The summed E-state index contributed by atoms with van der Waals surface area (Å²) in [7, 11) is 4.76. The molecular formula is C16H18ClNO3. The Hall–Kier alpha value is -1.91. The monoisotopic (exact) mass is 307 g/mol. The Balaban J connectivity index is 2.61. The number of benzene rings is 2. The molecule has 0 aliphatic heterocycles. The van der Waals surface area contributed by atoms with Gasteiger partial charge >= 0.3 is 0 Å². The first kappa shape index (κ1) is 15.5. The van der Waals surface area contributed by atoms with Crippen LogP contribution in [-0.2, 0) is 6.54 Å². The fourth-order valence-corrected chi connectivity index (χ4v) is 2.47. The predicted molar refractivity (Wildman–Crippen MR) is 84.4 cm³/mol. The van der Waals surface area contributed by atoms with Crippen LogP contribution < -0.4 is 19.9 Å². The van der Waals surface area contributed by atoms with Gasteiger partial charge in [-0.1, -0.05) is 23.7 Å². The Morgan fingerprint density at radius 1 is 0.952 bits per heavy atom. The minimum atomic E-state index is 0.405. The fourth-order valence-electron chi connectivity index (χ4n) is 2.21. The maximum Gasteiger partial charge on any atom is 0.203 e. The first-order valence-corrected chi connectivity index (χ1v) is 6.81. The number of hydrogen-bond donors (Lipinski definition) is 1. The molecule has 0 spiro atoms. The van der Waals surface area contributed by atoms with E-state index in [4.69, 9.17) is 31.5 Å². The number of nitrogens with two attached hydrogens (primary N) is 1. The van der Waals surface area contributed by atoms with Gasteiger partial charge in [0.1, 0.15) is 0 Å². The molecule has 2 rings (SSSR count). The lowest BCUT2D eigenvalue weighted by atomic mass is 10.0. The summed E-state index contributed by atoms with van der Waals surface area (Å²) in [6.07, 6.45) is 0. The normalized spacial score (nSPS) is 10.3. The average molecular weight is 308 g/mol. The molecule has 0 aliphatic rings. The highest BCUT2D eigenvalue weighted by atomic mass is 35.5. The highest BCUT2D eigenvalue weighted by Gasteiger charge is 2.17. The van der Waals surface area contributed by atoms with Gasteiger partial charge in [-0.25, -0.2) is 0 Å². The minimum Gasteiger partial charge on any atom is -0.493 e. The van der Waals surface area contributed by atoms with Crippen molar-refractivity contribution in [3.05, 3.63) is 40.9 Å². The maximum atomic E-state index is 6.23. The van der Waals surface area contributed by atoms with E-state index in [9.17, 15) is 0 Å². The van der Waals surface area contributed by atoms with Gasteiger partial charge in [0.05, 0.1) is 21.3 Å². The number of rotatable bonds is 5. The number of ether oxygens (including phenoxy) is 3. The summed E-state index contributed by atoms with van der Waals surface area (Å²) < 4.78 is 16.2. The zero-order valence-electron chi connectivity index (χ0n) is 12.3. The summed E-state index contributed by atoms with van der Waals surface area (Å²) in [6, 6.07) is 9.48. The minimum absolute atomic E-state index is 0.405. The van der Waals surface area contributed by atoms with E-state index in [1.165, 1.54) is 0 Å². The second-order valence-electron chi connectivity index (χ2n) is 4.39. The molecule has 0 atom stereocenters. The van der Waals surface area contributed by atoms with Crippen molar-refractivity contribution in [2.24, 2.45) is 5.73 Å². The van der Waals surface area contributed by atoms with Crippen molar-refractivity contribution in [1.29, 1.82) is 0 Å². The topological polar surface area (TPSA) is 53.7 Å². The van der Waals surface area contributed by atoms with Crippen LogP contribution in [0.1, 0.15) is 5.56 Å². The number of halogens is 1. The van der Waals surface area contributed by atoms with Crippen molar-refractivity contribution in [3.8, 4) is 28.4 Å². The van der Waals surface area contributed by atoms with Crippen LogP contribution in [0.25, 0.3) is 11.1 Å². The van der Waals surface area contributed by atoms with E-state index in [0.717, 1.165) is 16.7 Å². The molecule has 2 aromatic carbocycles. The molecule has 112 valence electrons. The highest BCUT2D eigenvalue weighted by molar-refractivity contribution is 6.31. The van der Waals surface area contributed by atoms with E-state index >= 15 is 0 Å². The molecule has 0 fully saturated rings. The van der Waals surface area contributed by atoms with Gasteiger partial charge in [0.25, 0.3) is 0 Å². The predicted octanol–water partition coefficient (Wildman–Crippen LogP) is 3.49. The van der Waals surface area contributed by atoms with Gasteiger partial charge in [-0.3, -0.25) is 0 Å². The smallest absolute Gasteiger partial charge is 0.203 e. The molecule has 0 saturated heterocycles. The Morgan fingerprint density at radius 2 is 1.67 bits per heavy atom. The van der Waals surface area contributed by atoms with Gasteiger partial charge in [0.15, 0.2) is 11.5 Å². The standard InChI is InChI=1S/C16H18ClNO3/c1-19-14-7-6-12(15(20-2)16(14)21-3)10-4-5-11(9-18)13(17)8-10/h4-8H,9,18H2,1-3H3. The van der Waals surface area contributed by atoms with Gasteiger partial charge < -0.3 is 19.9 Å². The summed E-state index contributed by atoms with van der Waals surface area (Å²) in [4.78, 5) is 0. The molecule has 0 radical (unpaired) electrons. The molecule has 0 heterocycles. The molecule has 0 aromatic heterocycles. The Morgan fingerprint density at radius 3 is 2.19 bits per heavy atom. The van der Waals surface area contributed by atoms with Crippen molar-refractivity contribution in [3.63, 3.8) is 0 Å². The summed E-state index contributed by atoms with van der Waals surface area (Å²) in [5.74, 6) is 1.77. The summed E-state index contributed by atoms with van der Waals surface area (Å²) in [5.41, 5.74) is 8.34. The summed E-state index contributed by atoms with van der Waals surface area (Å²) in [6.45, 7) is 0.405. The molecule has 4 nitrogen and oxygen atoms in total. The second-order valence-corrected chi connectivity index (χ2v) is 4.80. The largest absolute Gasteiger partial charge is 0.493 e. The molecule has 0 unspecified atom stereocenters. The third kappa shape index (κ3) is 2.91. The first-order chi connectivity index (χ1) is 10.2. The van der Waals surface area contributed by atoms with Crippen molar-refractivity contribution >= 4 is 11.6 Å². The Kier molecular flexibility index (Phi) is 4.94. The van der Waals surface area contributed by atoms with Crippen LogP contribution in [0.5, 0.6) is 17.2 Å².